The molecule has 3 rings (SSSR count). The van der Waals surface area contributed by atoms with Crippen molar-refractivity contribution in [2.24, 2.45) is 5.92 Å². The number of aromatic nitrogens is 2. The molecule has 2 heterocycles. The first-order valence-corrected chi connectivity index (χ1v) is 9.48. The molecule has 1 aromatic heterocycles. The lowest BCUT2D eigenvalue weighted by atomic mass is 9.94. The van der Waals surface area contributed by atoms with Gasteiger partial charge in [-0.25, -0.2) is 0 Å². The maximum atomic E-state index is 5.43. The van der Waals surface area contributed by atoms with E-state index >= 15 is 0 Å². The third kappa shape index (κ3) is 5.01. The molecule has 0 N–H and O–H groups in total. The largest absolute Gasteiger partial charge is 0.338 e. The molecule has 1 saturated carbocycles. The SMILES string of the molecule is CC(C)CCc1noc(CN2CCN(C3CCCCC3)CC2)n1. The summed E-state index contributed by atoms with van der Waals surface area (Å²) in [5, 5.41) is 4.12. The fraction of sp³-hybridized carbons (Fsp3) is 0.889. The van der Waals surface area contributed by atoms with E-state index in [0.717, 1.165) is 50.2 Å². The molecular weight excluding hydrogens is 288 g/mol. The number of hydrogen-bond acceptors (Lipinski definition) is 5. The Labute approximate surface area is 140 Å². The highest BCUT2D eigenvalue weighted by Crippen LogP contribution is 2.23. The van der Waals surface area contributed by atoms with Crippen molar-refractivity contribution >= 4 is 0 Å². The van der Waals surface area contributed by atoms with Crippen molar-refractivity contribution in [3.05, 3.63) is 11.7 Å². The zero-order chi connectivity index (χ0) is 16.1. The van der Waals surface area contributed by atoms with Crippen LogP contribution in [-0.2, 0) is 13.0 Å². The van der Waals surface area contributed by atoms with Crippen LogP contribution in [0.3, 0.4) is 0 Å². The molecular formula is C18H32N4O. The Kier molecular flexibility index (Phi) is 6.06. The van der Waals surface area contributed by atoms with E-state index in [9.17, 15) is 0 Å². The van der Waals surface area contributed by atoms with Gasteiger partial charge in [0.05, 0.1) is 6.54 Å². The van der Waals surface area contributed by atoms with E-state index in [4.69, 9.17) is 4.52 Å². The Bertz CT molecular complexity index is 459. The quantitative estimate of drug-likeness (QED) is 0.806. The van der Waals surface area contributed by atoms with Crippen molar-refractivity contribution in [1.82, 2.24) is 19.9 Å². The second kappa shape index (κ2) is 8.25. The van der Waals surface area contributed by atoms with Gasteiger partial charge < -0.3 is 4.52 Å². The van der Waals surface area contributed by atoms with E-state index in [-0.39, 0.29) is 0 Å². The van der Waals surface area contributed by atoms with E-state index in [1.54, 1.807) is 0 Å². The number of piperazine rings is 1. The highest BCUT2D eigenvalue weighted by molar-refractivity contribution is 4.88. The molecule has 0 aromatic carbocycles. The molecule has 1 aromatic rings. The number of aryl methyl sites for hydroxylation is 1. The Morgan fingerprint density at radius 2 is 1.83 bits per heavy atom. The first-order chi connectivity index (χ1) is 11.2. The van der Waals surface area contributed by atoms with Crippen molar-refractivity contribution in [3.63, 3.8) is 0 Å². The molecule has 2 fully saturated rings. The van der Waals surface area contributed by atoms with Crippen molar-refractivity contribution in [1.29, 1.82) is 0 Å². The van der Waals surface area contributed by atoms with Crippen LogP contribution in [-0.4, -0.2) is 52.2 Å². The monoisotopic (exact) mass is 320 g/mol. The Balaban J connectivity index is 1.41. The van der Waals surface area contributed by atoms with Gasteiger partial charge in [-0.1, -0.05) is 38.3 Å². The van der Waals surface area contributed by atoms with Crippen LogP contribution < -0.4 is 0 Å². The fourth-order valence-corrected chi connectivity index (χ4v) is 3.80. The Hall–Kier alpha value is -0.940. The lowest BCUT2D eigenvalue weighted by Crippen LogP contribution is -2.50. The van der Waals surface area contributed by atoms with Gasteiger partial charge >= 0.3 is 0 Å². The van der Waals surface area contributed by atoms with E-state index in [1.807, 2.05) is 0 Å². The van der Waals surface area contributed by atoms with Crippen molar-refractivity contribution in [2.45, 2.75) is 71.4 Å². The van der Waals surface area contributed by atoms with Crippen LogP contribution in [0.25, 0.3) is 0 Å². The Morgan fingerprint density at radius 3 is 2.52 bits per heavy atom. The summed E-state index contributed by atoms with van der Waals surface area (Å²) in [6.07, 6.45) is 9.15. The van der Waals surface area contributed by atoms with Gasteiger partial charge in [-0.05, 0) is 25.2 Å². The predicted molar refractivity (Wildman–Crippen MR) is 91.2 cm³/mol. The summed E-state index contributed by atoms with van der Waals surface area (Å²) >= 11 is 0. The molecule has 1 aliphatic heterocycles. The molecule has 0 unspecified atom stereocenters. The van der Waals surface area contributed by atoms with Crippen LogP contribution in [0, 0.1) is 5.92 Å². The molecule has 0 radical (unpaired) electrons. The summed E-state index contributed by atoms with van der Waals surface area (Å²) in [5.41, 5.74) is 0. The molecule has 0 bridgehead atoms. The third-order valence-electron chi connectivity index (χ3n) is 5.31. The van der Waals surface area contributed by atoms with Crippen LogP contribution in [0.1, 0.15) is 64.1 Å². The molecule has 0 amide bonds. The molecule has 5 nitrogen and oxygen atoms in total. The van der Waals surface area contributed by atoms with Crippen LogP contribution in [0.5, 0.6) is 0 Å². The smallest absolute Gasteiger partial charge is 0.240 e. The second-order valence-electron chi connectivity index (χ2n) is 7.64. The molecule has 1 saturated heterocycles. The first kappa shape index (κ1) is 16.9. The number of rotatable bonds is 6. The van der Waals surface area contributed by atoms with Crippen LogP contribution in [0.4, 0.5) is 0 Å². The zero-order valence-electron chi connectivity index (χ0n) is 14.8. The third-order valence-corrected chi connectivity index (χ3v) is 5.31. The van der Waals surface area contributed by atoms with Gasteiger partial charge in [0.2, 0.25) is 5.89 Å². The highest BCUT2D eigenvalue weighted by atomic mass is 16.5. The standard InChI is InChI=1S/C18H32N4O/c1-15(2)8-9-17-19-18(23-20-17)14-21-10-12-22(13-11-21)16-6-4-3-5-7-16/h15-16H,3-14H2,1-2H3. The zero-order valence-corrected chi connectivity index (χ0v) is 14.8. The lowest BCUT2D eigenvalue weighted by molar-refractivity contribution is 0.0702. The highest BCUT2D eigenvalue weighted by Gasteiger charge is 2.25. The summed E-state index contributed by atoms with van der Waals surface area (Å²) in [5.74, 6) is 2.34. The average Bonchev–Trinajstić information content (AvgIpc) is 3.02. The molecule has 0 spiro atoms. The van der Waals surface area contributed by atoms with Crippen molar-refractivity contribution in [2.75, 3.05) is 26.2 Å². The molecule has 23 heavy (non-hydrogen) atoms. The second-order valence-corrected chi connectivity index (χ2v) is 7.64. The van der Waals surface area contributed by atoms with Gasteiger partial charge in [-0.2, -0.15) is 4.98 Å². The Morgan fingerprint density at radius 1 is 1.09 bits per heavy atom. The first-order valence-electron chi connectivity index (χ1n) is 9.48. The lowest BCUT2D eigenvalue weighted by Gasteiger charge is -2.40. The summed E-state index contributed by atoms with van der Waals surface area (Å²) in [4.78, 5) is 9.72. The molecule has 130 valence electrons. The summed E-state index contributed by atoms with van der Waals surface area (Å²) in [6.45, 7) is 9.91. The van der Waals surface area contributed by atoms with E-state index in [1.165, 1.54) is 45.2 Å². The van der Waals surface area contributed by atoms with Crippen LogP contribution in [0.2, 0.25) is 0 Å². The number of hydrogen-bond donors (Lipinski definition) is 0. The summed E-state index contributed by atoms with van der Waals surface area (Å²) in [7, 11) is 0. The maximum absolute atomic E-state index is 5.43. The van der Waals surface area contributed by atoms with E-state index in [2.05, 4.69) is 33.8 Å². The number of nitrogens with zero attached hydrogens (tertiary/aromatic N) is 4. The van der Waals surface area contributed by atoms with Crippen molar-refractivity contribution in [3.8, 4) is 0 Å². The fourth-order valence-electron chi connectivity index (χ4n) is 3.80. The minimum atomic E-state index is 0.685. The van der Waals surface area contributed by atoms with Crippen LogP contribution >= 0.6 is 0 Å². The topological polar surface area (TPSA) is 45.4 Å². The summed E-state index contributed by atoms with van der Waals surface area (Å²) in [6, 6.07) is 0.844. The van der Waals surface area contributed by atoms with E-state index in [0.29, 0.717) is 5.92 Å². The molecule has 0 atom stereocenters. The molecule has 5 heteroatoms. The molecule has 2 aliphatic rings. The maximum Gasteiger partial charge on any atom is 0.240 e. The van der Waals surface area contributed by atoms with Gasteiger partial charge in [0.25, 0.3) is 0 Å². The minimum absolute atomic E-state index is 0.685. The van der Waals surface area contributed by atoms with Gasteiger partial charge in [-0.3, -0.25) is 9.80 Å². The normalized spacial score (nSPS) is 22.0. The van der Waals surface area contributed by atoms with Crippen molar-refractivity contribution < 1.29 is 4.52 Å². The van der Waals surface area contributed by atoms with Crippen LogP contribution in [0.15, 0.2) is 4.52 Å². The van der Waals surface area contributed by atoms with Gasteiger partial charge in [0, 0.05) is 38.6 Å². The van der Waals surface area contributed by atoms with E-state index < -0.39 is 0 Å². The minimum Gasteiger partial charge on any atom is -0.338 e. The predicted octanol–water partition coefficient (Wildman–Crippen LogP) is 3.11. The molecule has 1 aliphatic carbocycles. The average molecular weight is 320 g/mol. The van der Waals surface area contributed by atoms with Gasteiger partial charge in [0.1, 0.15) is 0 Å². The van der Waals surface area contributed by atoms with Gasteiger partial charge in [0.15, 0.2) is 5.82 Å². The van der Waals surface area contributed by atoms with Gasteiger partial charge in [-0.15, -0.1) is 0 Å². The summed E-state index contributed by atoms with van der Waals surface area (Å²) < 4.78 is 5.43.